The number of hydrogen-bond donors (Lipinski definition) is 1. The summed E-state index contributed by atoms with van der Waals surface area (Å²) in [7, 11) is 0. The maximum Gasteiger partial charge on any atom is 0.246 e. The Hall–Kier alpha value is -2.29. The quantitative estimate of drug-likeness (QED) is 0.907. The predicted molar refractivity (Wildman–Crippen MR) is 86.7 cm³/mol. The van der Waals surface area contributed by atoms with Crippen LogP contribution >= 0.6 is 0 Å². The van der Waals surface area contributed by atoms with Crippen molar-refractivity contribution in [1.82, 2.24) is 0 Å². The predicted octanol–water partition coefficient (Wildman–Crippen LogP) is 3.82. The zero-order chi connectivity index (χ0) is 15.0. The Morgan fingerprint density at radius 2 is 1.76 bits per heavy atom. The lowest BCUT2D eigenvalue weighted by atomic mass is 10.0. The van der Waals surface area contributed by atoms with E-state index < -0.39 is 0 Å². The van der Waals surface area contributed by atoms with Crippen molar-refractivity contribution in [2.45, 2.75) is 26.8 Å². The van der Waals surface area contributed by atoms with Gasteiger partial charge in [0.2, 0.25) is 5.91 Å². The molecule has 1 N–H and O–H groups in total. The molecule has 2 aromatic rings. The minimum absolute atomic E-state index is 0.0293. The second-order valence-electron chi connectivity index (χ2n) is 5.66. The van der Waals surface area contributed by atoms with Crippen LogP contribution in [-0.4, -0.2) is 12.5 Å². The number of hydrogen-bond acceptors (Lipinski definition) is 2. The molecule has 3 nitrogen and oxygen atoms in total. The van der Waals surface area contributed by atoms with Crippen LogP contribution in [0.2, 0.25) is 0 Å². The summed E-state index contributed by atoms with van der Waals surface area (Å²) in [6.45, 7) is 6.61. The Morgan fingerprint density at radius 1 is 1.10 bits per heavy atom. The molecular weight excluding hydrogens is 260 g/mol. The van der Waals surface area contributed by atoms with Gasteiger partial charge in [0.25, 0.3) is 0 Å². The fraction of sp³-hybridized carbons (Fsp3) is 0.278. The van der Waals surface area contributed by atoms with E-state index in [1.54, 1.807) is 0 Å². The lowest BCUT2D eigenvalue weighted by molar-refractivity contribution is -0.117. The van der Waals surface area contributed by atoms with E-state index in [4.69, 9.17) is 0 Å². The normalized spacial score (nSPS) is 15.4. The maximum absolute atomic E-state index is 12.4. The third kappa shape index (κ3) is 2.40. The SMILES string of the molecule is Cc1cc2c(cc1C)N(C(C)c1ccccc1)C(=O)CN2. The Balaban J connectivity index is 2.07. The molecule has 0 aliphatic carbocycles. The second kappa shape index (κ2) is 5.24. The first kappa shape index (κ1) is 13.7. The molecule has 1 atom stereocenters. The lowest BCUT2D eigenvalue weighted by Gasteiger charge is -2.35. The second-order valence-corrected chi connectivity index (χ2v) is 5.66. The number of rotatable bonds is 2. The number of fused-ring (bicyclic) bond motifs is 1. The molecule has 0 saturated carbocycles. The van der Waals surface area contributed by atoms with E-state index >= 15 is 0 Å². The van der Waals surface area contributed by atoms with Crippen LogP contribution in [0.1, 0.15) is 29.7 Å². The molecule has 1 aliphatic rings. The number of aryl methyl sites for hydroxylation is 2. The van der Waals surface area contributed by atoms with Gasteiger partial charge in [0.1, 0.15) is 0 Å². The summed E-state index contributed by atoms with van der Waals surface area (Å²) >= 11 is 0. The molecule has 3 rings (SSSR count). The molecule has 108 valence electrons. The number of nitrogens with one attached hydrogen (secondary N) is 1. The van der Waals surface area contributed by atoms with Gasteiger partial charge in [0.15, 0.2) is 0 Å². The van der Waals surface area contributed by atoms with E-state index in [9.17, 15) is 4.79 Å². The van der Waals surface area contributed by atoms with Crippen LogP contribution in [0.4, 0.5) is 11.4 Å². The zero-order valence-corrected chi connectivity index (χ0v) is 12.7. The van der Waals surface area contributed by atoms with Crippen LogP contribution in [-0.2, 0) is 4.79 Å². The number of benzene rings is 2. The first-order chi connectivity index (χ1) is 10.1. The topological polar surface area (TPSA) is 32.3 Å². The molecule has 1 aliphatic heterocycles. The first-order valence-electron chi connectivity index (χ1n) is 7.30. The van der Waals surface area contributed by atoms with Crippen molar-refractivity contribution < 1.29 is 4.79 Å². The molecule has 0 spiro atoms. The van der Waals surface area contributed by atoms with E-state index in [1.165, 1.54) is 11.1 Å². The average molecular weight is 280 g/mol. The smallest absolute Gasteiger partial charge is 0.246 e. The molecule has 3 heteroatoms. The number of nitrogens with zero attached hydrogens (tertiary/aromatic N) is 1. The molecule has 0 radical (unpaired) electrons. The summed E-state index contributed by atoms with van der Waals surface area (Å²) in [5, 5.41) is 3.23. The Kier molecular flexibility index (Phi) is 3.42. The molecule has 2 aromatic carbocycles. The van der Waals surface area contributed by atoms with E-state index in [0.717, 1.165) is 16.9 Å². The standard InChI is InChI=1S/C18H20N2O/c1-12-9-16-17(10-13(12)2)20(18(21)11-19-16)14(3)15-7-5-4-6-8-15/h4-10,14,19H,11H2,1-3H3. The van der Waals surface area contributed by atoms with Crippen LogP contribution in [0, 0.1) is 13.8 Å². The number of amides is 1. The van der Waals surface area contributed by atoms with Crippen LogP contribution in [0.5, 0.6) is 0 Å². The van der Waals surface area contributed by atoms with Gasteiger partial charge >= 0.3 is 0 Å². The van der Waals surface area contributed by atoms with Crippen molar-refractivity contribution in [3.63, 3.8) is 0 Å². The van der Waals surface area contributed by atoms with Crippen molar-refractivity contribution in [1.29, 1.82) is 0 Å². The van der Waals surface area contributed by atoms with Gasteiger partial charge in [-0.15, -0.1) is 0 Å². The van der Waals surface area contributed by atoms with Crippen LogP contribution in [0.3, 0.4) is 0 Å². The highest BCUT2D eigenvalue weighted by molar-refractivity contribution is 6.03. The van der Waals surface area contributed by atoms with E-state index in [0.29, 0.717) is 6.54 Å². The van der Waals surface area contributed by atoms with Crippen molar-refractivity contribution in [3.05, 3.63) is 59.2 Å². The summed E-state index contributed by atoms with van der Waals surface area (Å²) < 4.78 is 0. The molecule has 1 unspecified atom stereocenters. The van der Waals surface area contributed by atoms with Gasteiger partial charge in [-0.25, -0.2) is 0 Å². The van der Waals surface area contributed by atoms with Gasteiger partial charge in [-0.3, -0.25) is 4.79 Å². The van der Waals surface area contributed by atoms with Crippen molar-refractivity contribution in [3.8, 4) is 0 Å². The van der Waals surface area contributed by atoms with Crippen molar-refractivity contribution in [2.75, 3.05) is 16.8 Å². The summed E-state index contributed by atoms with van der Waals surface area (Å²) in [6, 6.07) is 14.4. The maximum atomic E-state index is 12.4. The first-order valence-corrected chi connectivity index (χ1v) is 7.30. The molecule has 0 aromatic heterocycles. The third-order valence-electron chi connectivity index (χ3n) is 4.24. The van der Waals surface area contributed by atoms with Gasteiger partial charge in [-0.1, -0.05) is 30.3 Å². The Morgan fingerprint density at radius 3 is 2.48 bits per heavy atom. The average Bonchev–Trinajstić information content (AvgIpc) is 2.49. The van der Waals surface area contributed by atoms with E-state index in [1.807, 2.05) is 23.1 Å². The van der Waals surface area contributed by atoms with Crippen LogP contribution in [0.25, 0.3) is 0 Å². The highest BCUT2D eigenvalue weighted by atomic mass is 16.2. The van der Waals surface area contributed by atoms with Gasteiger partial charge in [0.05, 0.1) is 24.0 Å². The van der Waals surface area contributed by atoms with E-state index in [2.05, 4.69) is 50.4 Å². The molecule has 0 saturated heterocycles. The number of anilines is 2. The highest BCUT2D eigenvalue weighted by Gasteiger charge is 2.29. The molecule has 1 amide bonds. The third-order valence-corrected chi connectivity index (χ3v) is 4.24. The molecule has 1 heterocycles. The van der Waals surface area contributed by atoms with Gasteiger partial charge < -0.3 is 10.2 Å². The minimum Gasteiger partial charge on any atom is -0.374 e. The fourth-order valence-corrected chi connectivity index (χ4v) is 2.84. The summed E-state index contributed by atoms with van der Waals surface area (Å²) in [4.78, 5) is 14.3. The summed E-state index contributed by atoms with van der Waals surface area (Å²) in [5.74, 6) is 0.113. The summed E-state index contributed by atoms with van der Waals surface area (Å²) in [5.41, 5.74) is 5.61. The molecule has 0 bridgehead atoms. The van der Waals surface area contributed by atoms with Gasteiger partial charge in [0, 0.05) is 0 Å². The monoisotopic (exact) mass is 280 g/mol. The van der Waals surface area contributed by atoms with Gasteiger partial charge in [-0.2, -0.15) is 0 Å². The number of carbonyl (C=O) groups is 1. The highest BCUT2D eigenvalue weighted by Crippen LogP contribution is 2.37. The molecule has 21 heavy (non-hydrogen) atoms. The fourth-order valence-electron chi connectivity index (χ4n) is 2.84. The zero-order valence-electron chi connectivity index (χ0n) is 12.7. The minimum atomic E-state index is 0.0293. The Labute approximate surface area is 125 Å². The summed E-state index contributed by atoms with van der Waals surface area (Å²) in [6.07, 6.45) is 0. The van der Waals surface area contributed by atoms with E-state index in [-0.39, 0.29) is 11.9 Å². The molecular formula is C18H20N2O. The van der Waals surface area contributed by atoms with Gasteiger partial charge in [-0.05, 0) is 49.6 Å². The number of carbonyl (C=O) groups excluding carboxylic acids is 1. The van der Waals surface area contributed by atoms with Crippen LogP contribution < -0.4 is 10.2 Å². The largest absolute Gasteiger partial charge is 0.374 e. The Bertz CT molecular complexity index is 679. The van der Waals surface area contributed by atoms with Crippen molar-refractivity contribution >= 4 is 17.3 Å². The van der Waals surface area contributed by atoms with Crippen molar-refractivity contribution in [2.24, 2.45) is 0 Å². The lowest BCUT2D eigenvalue weighted by Crippen LogP contribution is -2.41. The molecule has 0 fully saturated rings. The van der Waals surface area contributed by atoms with Crippen LogP contribution in [0.15, 0.2) is 42.5 Å².